The Balaban J connectivity index is 1.79. The number of fused-ring (bicyclic) bond motifs is 1. The van der Waals surface area contributed by atoms with Crippen molar-refractivity contribution in [1.82, 2.24) is 4.83 Å². The van der Waals surface area contributed by atoms with Gasteiger partial charge < -0.3 is 9.47 Å². The van der Waals surface area contributed by atoms with E-state index < -0.39 is 10.0 Å². The van der Waals surface area contributed by atoms with Crippen LogP contribution in [0.2, 0.25) is 0 Å². The summed E-state index contributed by atoms with van der Waals surface area (Å²) in [5, 5.41) is 3.98. The van der Waals surface area contributed by atoms with E-state index in [0.717, 1.165) is 10.0 Å². The van der Waals surface area contributed by atoms with Crippen molar-refractivity contribution in [3.63, 3.8) is 0 Å². The van der Waals surface area contributed by atoms with E-state index in [1.807, 2.05) is 0 Å². The third-order valence-corrected chi connectivity index (χ3v) is 5.17. The van der Waals surface area contributed by atoms with Gasteiger partial charge in [0.15, 0.2) is 11.5 Å². The highest BCUT2D eigenvalue weighted by molar-refractivity contribution is 9.10. The van der Waals surface area contributed by atoms with Crippen LogP contribution in [0.25, 0.3) is 0 Å². The van der Waals surface area contributed by atoms with Crippen molar-refractivity contribution in [2.75, 3.05) is 13.2 Å². The molecule has 1 aliphatic rings. The minimum atomic E-state index is -3.71. The van der Waals surface area contributed by atoms with Crippen LogP contribution in [0.5, 0.6) is 11.5 Å². The molecule has 0 aromatic heterocycles. The molecule has 0 aliphatic carbocycles. The highest BCUT2D eigenvalue weighted by atomic mass is 79.9. The third-order valence-electron chi connectivity index (χ3n) is 3.42. The van der Waals surface area contributed by atoms with Crippen LogP contribution in [0.3, 0.4) is 0 Å². The molecular weight excluding hydrogens is 396 g/mol. The lowest BCUT2D eigenvalue weighted by Gasteiger charge is -2.18. The fraction of sp³-hybridized carbons (Fsp3) is 0.188. The number of ether oxygens (including phenoxy) is 2. The number of sulfonamides is 1. The zero-order chi connectivity index (χ0) is 17.2. The van der Waals surface area contributed by atoms with Crippen LogP contribution >= 0.6 is 15.9 Å². The molecule has 1 heterocycles. The minimum absolute atomic E-state index is 0.143. The van der Waals surface area contributed by atoms with Gasteiger partial charge in [-0.2, -0.15) is 18.4 Å². The Kier molecular flexibility index (Phi) is 4.77. The molecule has 2 aromatic rings. The summed E-state index contributed by atoms with van der Waals surface area (Å²) in [6.45, 7) is 2.73. The number of hydrogen-bond acceptors (Lipinski definition) is 5. The lowest BCUT2D eigenvalue weighted by Crippen LogP contribution is -2.20. The number of hydrogen-bond donors (Lipinski definition) is 1. The lowest BCUT2D eigenvalue weighted by atomic mass is 10.1. The lowest BCUT2D eigenvalue weighted by molar-refractivity contribution is 0.171. The summed E-state index contributed by atoms with van der Waals surface area (Å²) in [7, 11) is -3.71. The maximum absolute atomic E-state index is 12.2. The molecule has 0 spiro atoms. The molecule has 1 N–H and O–H groups in total. The molecule has 0 bridgehead atoms. The molecule has 6 nitrogen and oxygen atoms in total. The van der Waals surface area contributed by atoms with Crippen molar-refractivity contribution in [3.05, 3.63) is 52.5 Å². The van der Waals surface area contributed by atoms with Crippen molar-refractivity contribution in [2.45, 2.75) is 11.8 Å². The van der Waals surface area contributed by atoms with Gasteiger partial charge in [-0.15, -0.1) is 0 Å². The molecule has 0 unspecified atom stereocenters. The second kappa shape index (κ2) is 6.82. The maximum atomic E-state index is 12.2. The van der Waals surface area contributed by atoms with Crippen molar-refractivity contribution in [1.29, 1.82) is 0 Å². The van der Waals surface area contributed by atoms with Crippen LogP contribution < -0.4 is 14.3 Å². The first-order valence-corrected chi connectivity index (χ1v) is 9.45. The Morgan fingerprint density at radius 2 is 1.75 bits per heavy atom. The van der Waals surface area contributed by atoms with Gasteiger partial charge in [-0.25, -0.2) is 0 Å². The number of hydrazone groups is 1. The SMILES string of the molecule is CC(=NNS(=O)(=O)c1ccc(Br)cc1)c1ccc2c(c1)OCCO2. The first-order valence-electron chi connectivity index (χ1n) is 7.17. The van der Waals surface area contributed by atoms with Gasteiger partial charge in [-0.1, -0.05) is 15.9 Å². The predicted octanol–water partition coefficient (Wildman–Crippen LogP) is 2.92. The Morgan fingerprint density at radius 3 is 2.46 bits per heavy atom. The van der Waals surface area contributed by atoms with Gasteiger partial charge in [0.1, 0.15) is 13.2 Å². The zero-order valence-corrected chi connectivity index (χ0v) is 15.2. The molecule has 8 heteroatoms. The molecule has 0 saturated heterocycles. The average molecular weight is 411 g/mol. The van der Waals surface area contributed by atoms with Crippen LogP contribution in [-0.4, -0.2) is 27.3 Å². The second-order valence-electron chi connectivity index (χ2n) is 5.10. The van der Waals surface area contributed by atoms with Gasteiger partial charge in [0.05, 0.1) is 10.6 Å². The van der Waals surface area contributed by atoms with Crippen LogP contribution in [-0.2, 0) is 10.0 Å². The largest absolute Gasteiger partial charge is 0.486 e. The van der Waals surface area contributed by atoms with Crippen LogP contribution in [0, 0.1) is 0 Å². The molecule has 0 amide bonds. The van der Waals surface area contributed by atoms with Crippen LogP contribution in [0.4, 0.5) is 0 Å². The molecule has 126 valence electrons. The second-order valence-corrected chi connectivity index (χ2v) is 7.68. The standard InChI is InChI=1S/C16H15BrN2O4S/c1-11(12-2-7-15-16(10-12)23-9-8-22-15)18-19-24(20,21)14-5-3-13(17)4-6-14/h2-7,10,19H,8-9H2,1H3. The Labute approximate surface area is 148 Å². The predicted molar refractivity (Wildman–Crippen MR) is 94.1 cm³/mol. The molecule has 24 heavy (non-hydrogen) atoms. The zero-order valence-electron chi connectivity index (χ0n) is 12.8. The summed E-state index contributed by atoms with van der Waals surface area (Å²) in [6, 6.07) is 11.7. The van der Waals surface area contributed by atoms with Gasteiger partial charge in [0, 0.05) is 10.0 Å². The Hall–Kier alpha value is -2.06. The molecular formula is C16H15BrN2O4S. The van der Waals surface area contributed by atoms with E-state index in [9.17, 15) is 8.42 Å². The summed E-state index contributed by atoms with van der Waals surface area (Å²) in [5.74, 6) is 1.30. The van der Waals surface area contributed by atoms with Crippen LogP contribution in [0.1, 0.15) is 12.5 Å². The molecule has 0 saturated carbocycles. The molecule has 2 aromatic carbocycles. The minimum Gasteiger partial charge on any atom is -0.486 e. The third kappa shape index (κ3) is 3.70. The summed E-state index contributed by atoms with van der Waals surface area (Å²) in [4.78, 5) is 2.39. The van der Waals surface area contributed by atoms with E-state index in [2.05, 4.69) is 25.9 Å². The van der Waals surface area contributed by atoms with Gasteiger partial charge in [-0.3, -0.25) is 0 Å². The monoisotopic (exact) mass is 410 g/mol. The number of nitrogens with one attached hydrogen (secondary N) is 1. The van der Waals surface area contributed by atoms with Crippen molar-refractivity contribution >= 4 is 31.7 Å². The van der Waals surface area contributed by atoms with Gasteiger partial charge in [0.25, 0.3) is 10.0 Å². The Morgan fingerprint density at radius 1 is 1.08 bits per heavy atom. The van der Waals surface area contributed by atoms with E-state index >= 15 is 0 Å². The van der Waals surface area contributed by atoms with E-state index in [-0.39, 0.29) is 4.90 Å². The summed E-state index contributed by atoms with van der Waals surface area (Å²) < 4.78 is 36.2. The molecule has 0 fully saturated rings. The van der Waals surface area contributed by atoms with Gasteiger partial charge in [-0.05, 0) is 49.4 Å². The fourth-order valence-electron chi connectivity index (χ4n) is 2.13. The van der Waals surface area contributed by atoms with E-state index in [1.54, 1.807) is 37.3 Å². The van der Waals surface area contributed by atoms with Crippen molar-refractivity contribution in [2.24, 2.45) is 5.10 Å². The van der Waals surface area contributed by atoms with E-state index in [1.165, 1.54) is 12.1 Å². The highest BCUT2D eigenvalue weighted by Crippen LogP contribution is 2.30. The normalized spacial score (nSPS) is 14.3. The summed E-state index contributed by atoms with van der Waals surface area (Å²) in [6.07, 6.45) is 0. The molecule has 1 aliphatic heterocycles. The Bertz CT molecular complexity index is 879. The highest BCUT2D eigenvalue weighted by Gasteiger charge is 2.15. The topological polar surface area (TPSA) is 77.0 Å². The van der Waals surface area contributed by atoms with Crippen LogP contribution in [0.15, 0.2) is 56.9 Å². The molecule has 0 radical (unpaired) electrons. The number of rotatable bonds is 4. The first-order chi connectivity index (χ1) is 11.5. The maximum Gasteiger partial charge on any atom is 0.276 e. The van der Waals surface area contributed by atoms with Crippen molar-refractivity contribution in [3.8, 4) is 11.5 Å². The van der Waals surface area contributed by atoms with Gasteiger partial charge >= 0.3 is 0 Å². The quantitative estimate of drug-likeness (QED) is 0.620. The summed E-state index contributed by atoms with van der Waals surface area (Å²) in [5.41, 5.74) is 1.27. The average Bonchev–Trinajstić information content (AvgIpc) is 2.59. The van der Waals surface area contributed by atoms with E-state index in [4.69, 9.17) is 9.47 Å². The molecule has 3 rings (SSSR count). The van der Waals surface area contributed by atoms with Crippen molar-refractivity contribution < 1.29 is 17.9 Å². The smallest absolute Gasteiger partial charge is 0.276 e. The van der Waals surface area contributed by atoms with Gasteiger partial charge in [0.2, 0.25) is 0 Å². The molecule has 0 atom stereocenters. The summed E-state index contributed by atoms with van der Waals surface area (Å²) >= 11 is 3.27. The number of halogens is 1. The first kappa shape index (κ1) is 16.8. The number of nitrogens with zero attached hydrogens (tertiary/aromatic N) is 1. The fourth-order valence-corrected chi connectivity index (χ4v) is 3.25. The number of benzene rings is 2. The van der Waals surface area contributed by atoms with E-state index in [0.29, 0.717) is 30.4 Å².